The SMILES string of the molecule is C[C](C)CN1CCCC(O)(CNc2ccc(C3CC3)cc2)C1. The summed E-state index contributed by atoms with van der Waals surface area (Å²) in [4.78, 5) is 2.37. The molecule has 0 spiro atoms. The zero-order chi connectivity index (χ0) is 15.6. The number of β-amino-alcohol motifs (C(OH)–C–C–N with tert-alkyl or cyclic N) is 1. The maximum atomic E-state index is 10.9. The van der Waals surface area contributed by atoms with E-state index in [1.165, 1.54) is 24.3 Å². The van der Waals surface area contributed by atoms with Gasteiger partial charge in [-0.05, 0) is 61.8 Å². The van der Waals surface area contributed by atoms with Gasteiger partial charge in [-0.2, -0.15) is 0 Å². The normalized spacial score (nSPS) is 26.4. The van der Waals surface area contributed by atoms with Crippen molar-refractivity contribution in [2.24, 2.45) is 0 Å². The van der Waals surface area contributed by atoms with Gasteiger partial charge in [-0.1, -0.05) is 26.0 Å². The summed E-state index contributed by atoms with van der Waals surface area (Å²) in [5, 5.41) is 14.3. The molecule has 3 rings (SSSR count). The lowest BCUT2D eigenvalue weighted by Gasteiger charge is -2.40. The smallest absolute Gasteiger partial charge is 0.0945 e. The predicted octanol–water partition coefficient (Wildman–Crippen LogP) is 3.42. The Morgan fingerprint density at radius 1 is 1.27 bits per heavy atom. The summed E-state index contributed by atoms with van der Waals surface area (Å²) in [5.41, 5.74) is 1.97. The molecule has 1 aliphatic heterocycles. The number of nitrogens with one attached hydrogen (secondary N) is 1. The van der Waals surface area contributed by atoms with Gasteiger partial charge < -0.3 is 10.4 Å². The summed E-state index contributed by atoms with van der Waals surface area (Å²) in [6, 6.07) is 8.77. The zero-order valence-electron chi connectivity index (χ0n) is 13.9. The van der Waals surface area contributed by atoms with Crippen LogP contribution in [-0.2, 0) is 0 Å². The molecule has 1 saturated heterocycles. The number of hydrogen-bond donors (Lipinski definition) is 2. The minimum absolute atomic E-state index is 0.608. The Bertz CT molecular complexity index is 481. The standard InChI is InChI=1S/C19H29N2O/c1-15(2)12-21-11-3-10-19(22,14-21)13-20-18-8-6-17(7-9-18)16-4-5-16/h6-9,16,20,22H,3-5,10-14H2,1-2H3. The number of likely N-dealkylation sites (tertiary alicyclic amines) is 1. The van der Waals surface area contributed by atoms with Crippen LogP contribution in [0.2, 0.25) is 0 Å². The Morgan fingerprint density at radius 2 is 2.00 bits per heavy atom. The van der Waals surface area contributed by atoms with Crippen molar-refractivity contribution in [3.8, 4) is 0 Å². The lowest BCUT2D eigenvalue weighted by molar-refractivity contribution is -0.0184. The molecule has 2 fully saturated rings. The molecule has 3 nitrogen and oxygen atoms in total. The molecule has 2 aliphatic rings. The number of anilines is 1. The van der Waals surface area contributed by atoms with Crippen LogP contribution in [0, 0.1) is 5.92 Å². The van der Waals surface area contributed by atoms with Crippen molar-refractivity contribution >= 4 is 5.69 Å². The topological polar surface area (TPSA) is 35.5 Å². The van der Waals surface area contributed by atoms with Gasteiger partial charge in [0.2, 0.25) is 0 Å². The summed E-state index contributed by atoms with van der Waals surface area (Å²) >= 11 is 0. The van der Waals surface area contributed by atoms with Crippen LogP contribution in [0.3, 0.4) is 0 Å². The minimum atomic E-state index is -0.608. The van der Waals surface area contributed by atoms with E-state index in [9.17, 15) is 5.11 Å². The fourth-order valence-electron chi connectivity index (χ4n) is 3.49. The Kier molecular flexibility index (Phi) is 4.74. The van der Waals surface area contributed by atoms with E-state index < -0.39 is 5.60 Å². The largest absolute Gasteiger partial charge is 0.387 e. The van der Waals surface area contributed by atoms with Crippen LogP contribution in [0.4, 0.5) is 5.69 Å². The van der Waals surface area contributed by atoms with Gasteiger partial charge in [0, 0.05) is 25.3 Å². The van der Waals surface area contributed by atoms with Gasteiger partial charge >= 0.3 is 0 Å². The third-order valence-electron chi connectivity index (χ3n) is 4.76. The van der Waals surface area contributed by atoms with E-state index in [4.69, 9.17) is 0 Å². The third-order valence-corrected chi connectivity index (χ3v) is 4.76. The molecule has 1 atom stereocenters. The molecule has 0 aromatic heterocycles. The third kappa shape index (κ3) is 4.23. The molecule has 1 radical (unpaired) electrons. The number of nitrogens with zero attached hydrogens (tertiary/aromatic N) is 1. The van der Waals surface area contributed by atoms with Gasteiger partial charge in [-0.25, -0.2) is 0 Å². The molecule has 22 heavy (non-hydrogen) atoms. The van der Waals surface area contributed by atoms with Gasteiger partial charge in [-0.15, -0.1) is 0 Å². The molecule has 1 unspecified atom stereocenters. The summed E-state index contributed by atoms with van der Waals surface area (Å²) in [6.45, 7) is 7.82. The monoisotopic (exact) mass is 301 g/mol. The first-order valence-corrected chi connectivity index (χ1v) is 8.62. The fourth-order valence-corrected chi connectivity index (χ4v) is 3.49. The van der Waals surface area contributed by atoms with E-state index >= 15 is 0 Å². The van der Waals surface area contributed by atoms with Gasteiger partial charge in [-0.3, -0.25) is 4.90 Å². The highest BCUT2D eigenvalue weighted by Crippen LogP contribution is 2.40. The van der Waals surface area contributed by atoms with Crippen molar-refractivity contribution in [2.75, 3.05) is 31.5 Å². The molecule has 121 valence electrons. The van der Waals surface area contributed by atoms with Crippen LogP contribution in [-0.4, -0.2) is 41.8 Å². The van der Waals surface area contributed by atoms with Crippen molar-refractivity contribution < 1.29 is 5.11 Å². The highest BCUT2D eigenvalue weighted by Gasteiger charge is 2.33. The molecule has 0 bridgehead atoms. The van der Waals surface area contributed by atoms with Crippen molar-refractivity contribution in [3.63, 3.8) is 0 Å². The minimum Gasteiger partial charge on any atom is -0.387 e. The van der Waals surface area contributed by atoms with E-state index in [-0.39, 0.29) is 0 Å². The van der Waals surface area contributed by atoms with E-state index in [2.05, 4.69) is 48.3 Å². The average Bonchev–Trinajstić information content (AvgIpc) is 3.30. The molecule has 0 amide bonds. The first kappa shape index (κ1) is 15.8. The van der Waals surface area contributed by atoms with Crippen LogP contribution >= 0.6 is 0 Å². The zero-order valence-corrected chi connectivity index (χ0v) is 13.9. The summed E-state index contributed by atoms with van der Waals surface area (Å²) in [6.07, 6.45) is 4.65. The van der Waals surface area contributed by atoms with Gasteiger partial charge in [0.05, 0.1) is 5.60 Å². The molecule has 3 heteroatoms. The molecule has 2 N–H and O–H groups in total. The first-order chi connectivity index (χ1) is 10.5. The summed E-state index contributed by atoms with van der Waals surface area (Å²) < 4.78 is 0. The highest BCUT2D eigenvalue weighted by molar-refractivity contribution is 5.46. The van der Waals surface area contributed by atoms with Crippen LogP contribution in [0.25, 0.3) is 0 Å². The van der Waals surface area contributed by atoms with Crippen molar-refractivity contribution in [1.82, 2.24) is 4.90 Å². The second kappa shape index (κ2) is 6.59. The number of benzene rings is 1. The van der Waals surface area contributed by atoms with Crippen LogP contribution in [0.15, 0.2) is 24.3 Å². The van der Waals surface area contributed by atoms with Crippen LogP contribution in [0.5, 0.6) is 0 Å². The Hall–Kier alpha value is -1.06. The average molecular weight is 301 g/mol. The number of hydrogen-bond acceptors (Lipinski definition) is 3. The highest BCUT2D eigenvalue weighted by atomic mass is 16.3. The number of aliphatic hydroxyl groups is 1. The molecule has 1 heterocycles. The van der Waals surface area contributed by atoms with Crippen molar-refractivity contribution in [1.29, 1.82) is 0 Å². The van der Waals surface area contributed by atoms with Crippen LogP contribution < -0.4 is 5.32 Å². The van der Waals surface area contributed by atoms with Gasteiger partial charge in [0.25, 0.3) is 0 Å². The predicted molar refractivity (Wildman–Crippen MR) is 92.1 cm³/mol. The molecular weight excluding hydrogens is 272 g/mol. The summed E-state index contributed by atoms with van der Waals surface area (Å²) in [7, 11) is 0. The second-order valence-corrected chi connectivity index (χ2v) is 7.50. The quantitative estimate of drug-likeness (QED) is 0.845. The van der Waals surface area contributed by atoms with E-state index in [0.29, 0.717) is 6.54 Å². The van der Waals surface area contributed by atoms with Crippen molar-refractivity contribution in [2.45, 2.75) is 51.0 Å². The van der Waals surface area contributed by atoms with E-state index in [1.807, 2.05) is 0 Å². The molecular formula is C19H29N2O. The summed E-state index contributed by atoms with van der Waals surface area (Å²) in [5.74, 6) is 2.21. The Morgan fingerprint density at radius 3 is 2.64 bits per heavy atom. The first-order valence-electron chi connectivity index (χ1n) is 8.62. The maximum Gasteiger partial charge on any atom is 0.0945 e. The molecule has 1 aromatic rings. The van der Waals surface area contributed by atoms with E-state index in [1.54, 1.807) is 0 Å². The Balaban J connectivity index is 1.52. The lowest BCUT2D eigenvalue weighted by atomic mass is 9.92. The number of piperidine rings is 1. The maximum absolute atomic E-state index is 10.9. The molecule has 1 saturated carbocycles. The van der Waals surface area contributed by atoms with Crippen LogP contribution in [0.1, 0.15) is 51.0 Å². The molecule has 1 aromatic carbocycles. The van der Waals surface area contributed by atoms with Crippen molar-refractivity contribution in [3.05, 3.63) is 35.7 Å². The van der Waals surface area contributed by atoms with E-state index in [0.717, 1.165) is 44.1 Å². The fraction of sp³-hybridized carbons (Fsp3) is 0.632. The molecule has 1 aliphatic carbocycles. The Labute approximate surface area is 134 Å². The second-order valence-electron chi connectivity index (χ2n) is 7.50. The van der Waals surface area contributed by atoms with Gasteiger partial charge in [0.15, 0.2) is 0 Å². The lowest BCUT2D eigenvalue weighted by Crippen LogP contribution is -2.52. The van der Waals surface area contributed by atoms with Gasteiger partial charge in [0.1, 0.15) is 0 Å². The number of rotatable bonds is 6.